The van der Waals surface area contributed by atoms with E-state index in [1.165, 1.54) is 24.8 Å². The van der Waals surface area contributed by atoms with Gasteiger partial charge in [-0.05, 0) is 56.0 Å². The van der Waals surface area contributed by atoms with Crippen LogP contribution in [0.25, 0.3) is 0 Å². The highest BCUT2D eigenvalue weighted by Gasteiger charge is 2.12. The summed E-state index contributed by atoms with van der Waals surface area (Å²) in [5, 5.41) is 3.62. The highest BCUT2D eigenvalue weighted by molar-refractivity contribution is 7.80. The molecule has 3 N–H and O–H groups in total. The maximum absolute atomic E-state index is 5.98. The van der Waals surface area contributed by atoms with Crippen molar-refractivity contribution in [1.29, 1.82) is 0 Å². The van der Waals surface area contributed by atoms with E-state index in [0.717, 1.165) is 32.5 Å². The number of nitrogens with zero attached hydrogens (tertiary/aromatic N) is 3. The minimum atomic E-state index is 0.476. The number of pyridine rings is 1. The number of likely N-dealkylation sites (tertiary alicyclic amines) is 1. The van der Waals surface area contributed by atoms with E-state index in [-0.39, 0.29) is 0 Å². The fourth-order valence-electron chi connectivity index (χ4n) is 2.37. The number of hydrogen-bond donors (Lipinski definition) is 2. The number of aliphatic imine (C=N–C) groups is 1. The van der Waals surface area contributed by atoms with Crippen LogP contribution in [0.5, 0.6) is 0 Å². The molecule has 1 aromatic rings. The molecule has 0 atom stereocenters. The molecule has 6 heteroatoms. The number of thiocarbonyl (C=S) groups is 1. The quantitative estimate of drug-likeness (QED) is 0.383. The number of guanidine groups is 1. The molecule has 114 valence electrons. The predicted molar refractivity (Wildman–Crippen MR) is 90.2 cm³/mol. The first-order valence-corrected chi connectivity index (χ1v) is 7.92. The van der Waals surface area contributed by atoms with Gasteiger partial charge in [-0.2, -0.15) is 4.99 Å². The first-order chi connectivity index (χ1) is 10.3. The molecule has 21 heavy (non-hydrogen) atoms. The summed E-state index contributed by atoms with van der Waals surface area (Å²) in [7, 11) is 0. The number of hydrogen-bond acceptors (Lipinski definition) is 2. The Bertz CT molecular complexity index is 468. The average Bonchev–Trinajstić information content (AvgIpc) is 2.53. The minimum Gasteiger partial charge on any atom is -0.369 e. The van der Waals surface area contributed by atoms with E-state index in [1.807, 2.05) is 12.3 Å². The molecule has 0 saturated carbocycles. The van der Waals surface area contributed by atoms with Crippen LogP contribution in [0.2, 0.25) is 0 Å². The summed E-state index contributed by atoms with van der Waals surface area (Å²) in [6, 6.07) is 4.04. The average molecular weight is 305 g/mol. The van der Waals surface area contributed by atoms with Gasteiger partial charge in [0.2, 0.25) is 0 Å². The van der Waals surface area contributed by atoms with Gasteiger partial charge in [0.1, 0.15) is 0 Å². The Labute approximate surface area is 131 Å². The Morgan fingerprint density at radius 1 is 1.38 bits per heavy atom. The maximum atomic E-state index is 5.98. The molecular weight excluding hydrogens is 282 g/mol. The van der Waals surface area contributed by atoms with Crippen molar-refractivity contribution in [3.05, 3.63) is 30.1 Å². The molecule has 1 aliphatic heterocycles. The lowest BCUT2D eigenvalue weighted by atomic mass is 10.1. The van der Waals surface area contributed by atoms with Crippen LogP contribution < -0.4 is 11.1 Å². The Kier molecular flexibility index (Phi) is 6.40. The topological polar surface area (TPSA) is 66.5 Å². The highest BCUT2D eigenvalue weighted by atomic mass is 32.1. The molecule has 1 aromatic heterocycles. The van der Waals surface area contributed by atoms with Crippen LogP contribution in [-0.2, 0) is 6.42 Å². The zero-order chi connectivity index (χ0) is 14.9. The van der Waals surface area contributed by atoms with Gasteiger partial charge in [-0.15, -0.1) is 0 Å². The zero-order valence-electron chi connectivity index (χ0n) is 12.3. The largest absolute Gasteiger partial charge is 0.369 e. The van der Waals surface area contributed by atoms with E-state index in [9.17, 15) is 0 Å². The third-order valence-corrected chi connectivity index (χ3v) is 3.77. The molecule has 0 aromatic carbocycles. The zero-order valence-corrected chi connectivity index (χ0v) is 13.1. The maximum Gasteiger partial charge on any atom is 0.198 e. The molecule has 1 aliphatic rings. The molecule has 0 unspecified atom stereocenters. The van der Waals surface area contributed by atoms with E-state index in [1.54, 1.807) is 6.20 Å². The first kappa shape index (κ1) is 15.7. The summed E-state index contributed by atoms with van der Waals surface area (Å²) in [5.41, 5.74) is 7.22. The fourth-order valence-corrected chi connectivity index (χ4v) is 2.57. The Hall–Kier alpha value is -1.69. The summed E-state index contributed by atoms with van der Waals surface area (Å²) in [6.45, 7) is 2.77. The van der Waals surface area contributed by atoms with Crippen molar-refractivity contribution in [2.24, 2.45) is 10.7 Å². The van der Waals surface area contributed by atoms with Gasteiger partial charge in [-0.25, -0.2) is 0 Å². The molecule has 0 bridgehead atoms. The van der Waals surface area contributed by atoms with Crippen molar-refractivity contribution >= 4 is 23.3 Å². The third-order valence-electron chi connectivity index (χ3n) is 3.54. The van der Waals surface area contributed by atoms with Crippen LogP contribution in [-0.4, -0.2) is 40.6 Å². The summed E-state index contributed by atoms with van der Waals surface area (Å²) in [4.78, 5) is 10.5. The molecule has 0 radical (unpaired) electrons. The van der Waals surface area contributed by atoms with E-state index in [2.05, 4.69) is 26.3 Å². The number of aromatic nitrogens is 1. The summed E-state index contributed by atoms with van der Waals surface area (Å²) < 4.78 is 0. The van der Waals surface area contributed by atoms with Gasteiger partial charge in [-0.3, -0.25) is 4.98 Å². The predicted octanol–water partition coefficient (Wildman–Crippen LogP) is 1.69. The van der Waals surface area contributed by atoms with Gasteiger partial charge in [0.25, 0.3) is 0 Å². The lowest BCUT2D eigenvalue weighted by molar-refractivity contribution is 0.339. The van der Waals surface area contributed by atoms with Crippen molar-refractivity contribution in [2.75, 3.05) is 19.6 Å². The van der Waals surface area contributed by atoms with Gasteiger partial charge in [0.05, 0.1) is 0 Å². The normalized spacial score (nSPS) is 15.8. The molecule has 0 aliphatic carbocycles. The summed E-state index contributed by atoms with van der Waals surface area (Å²) in [6.07, 6.45) is 9.30. The smallest absolute Gasteiger partial charge is 0.198 e. The van der Waals surface area contributed by atoms with Crippen LogP contribution in [0.15, 0.2) is 29.5 Å². The second-order valence-electron chi connectivity index (χ2n) is 5.21. The molecule has 1 saturated heterocycles. The van der Waals surface area contributed by atoms with Crippen LogP contribution in [0.3, 0.4) is 0 Å². The molecular formula is C15H23N5S. The number of aryl methyl sites for hydroxylation is 1. The van der Waals surface area contributed by atoms with Crippen LogP contribution in [0.4, 0.5) is 0 Å². The van der Waals surface area contributed by atoms with Gasteiger partial charge in [-0.1, -0.05) is 6.07 Å². The second kappa shape index (κ2) is 8.56. The van der Waals surface area contributed by atoms with Crippen molar-refractivity contribution in [3.8, 4) is 0 Å². The standard InChI is InChI=1S/C15H23N5S/c16-14(20-10-2-1-3-11-20)19-15(21)18-9-5-7-13-6-4-8-17-12-13/h4,6,8,12H,1-3,5,7,9-11H2,(H3,16,18,19,21). The molecule has 2 heterocycles. The highest BCUT2D eigenvalue weighted by Crippen LogP contribution is 2.07. The Balaban J connectivity index is 1.67. The van der Waals surface area contributed by atoms with Crippen molar-refractivity contribution < 1.29 is 0 Å². The van der Waals surface area contributed by atoms with Crippen LogP contribution in [0, 0.1) is 0 Å². The van der Waals surface area contributed by atoms with E-state index in [4.69, 9.17) is 18.0 Å². The molecule has 2 rings (SSSR count). The SMILES string of the molecule is NC(=NC(=S)NCCCc1cccnc1)N1CCCCC1. The fraction of sp³-hybridized carbons (Fsp3) is 0.533. The lowest BCUT2D eigenvalue weighted by Crippen LogP contribution is -2.42. The first-order valence-electron chi connectivity index (χ1n) is 7.51. The van der Waals surface area contributed by atoms with Crippen molar-refractivity contribution in [3.63, 3.8) is 0 Å². The van der Waals surface area contributed by atoms with Gasteiger partial charge >= 0.3 is 0 Å². The Morgan fingerprint density at radius 2 is 2.19 bits per heavy atom. The molecule has 0 spiro atoms. The van der Waals surface area contributed by atoms with E-state index >= 15 is 0 Å². The third kappa shape index (κ3) is 5.67. The van der Waals surface area contributed by atoms with Gasteiger partial charge < -0.3 is 16.0 Å². The lowest BCUT2D eigenvalue weighted by Gasteiger charge is -2.27. The van der Waals surface area contributed by atoms with Gasteiger partial charge in [0.15, 0.2) is 11.1 Å². The van der Waals surface area contributed by atoms with Crippen LogP contribution >= 0.6 is 12.2 Å². The Morgan fingerprint density at radius 3 is 2.90 bits per heavy atom. The summed E-state index contributed by atoms with van der Waals surface area (Å²) in [5.74, 6) is 0.541. The number of nitrogens with one attached hydrogen (secondary N) is 1. The molecule has 0 amide bonds. The van der Waals surface area contributed by atoms with Gasteiger partial charge in [0, 0.05) is 32.0 Å². The number of piperidine rings is 1. The molecule has 5 nitrogen and oxygen atoms in total. The second-order valence-corrected chi connectivity index (χ2v) is 5.60. The minimum absolute atomic E-state index is 0.476. The molecule has 1 fully saturated rings. The van der Waals surface area contributed by atoms with E-state index in [0.29, 0.717) is 11.1 Å². The summed E-state index contributed by atoms with van der Waals surface area (Å²) >= 11 is 5.21. The number of nitrogens with two attached hydrogens (primary N) is 1. The number of rotatable bonds is 4. The van der Waals surface area contributed by atoms with Crippen LogP contribution in [0.1, 0.15) is 31.2 Å². The monoisotopic (exact) mass is 305 g/mol. The van der Waals surface area contributed by atoms with Crippen molar-refractivity contribution in [1.82, 2.24) is 15.2 Å². The van der Waals surface area contributed by atoms with Crippen molar-refractivity contribution in [2.45, 2.75) is 32.1 Å². The van der Waals surface area contributed by atoms with E-state index < -0.39 is 0 Å².